The van der Waals surface area contributed by atoms with Crippen molar-refractivity contribution in [2.24, 2.45) is 5.92 Å². The van der Waals surface area contributed by atoms with Crippen LogP contribution >= 0.6 is 0 Å². The summed E-state index contributed by atoms with van der Waals surface area (Å²) < 4.78 is 32.1. The number of hydrogen-bond donors (Lipinski definition) is 0. The first kappa shape index (κ1) is 13.8. The molecule has 0 aromatic carbocycles. The van der Waals surface area contributed by atoms with Gasteiger partial charge in [-0.05, 0) is 43.7 Å². The van der Waals surface area contributed by atoms with E-state index in [0.29, 0.717) is 18.7 Å². The van der Waals surface area contributed by atoms with Crippen LogP contribution in [0.3, 0.4) is 0 Å². The van der Waals surface area contributed by atoms with Crippen molar-refractivity contribution in [2.45, 2.75) is 49.7 Å². The maximum Gasteiger partial charge on any atom is 0.276 e. The maximum atomic E-state index is 12.7. The van der Waals surface area contributed by atoms with Gasteiger partial charge in [0.2, 0.25) is 5.09 Å². The van der Waals surface area contributed by atoms with Crippen molar-refractivity contribution in [1.29, 1.82) is 0 Å². The minimum atomic E-state index is -3.61. The molecule has 2 unspecified atom stereocenters. The number of carbonyl (C=O) groups is 1. The molecule has 20 heavy (non-hydrogen) atoms. The second-order valence-electron chi connectivity index (χ2n) is 5.64. The van der Waals surface area contributed by atoms with Crippen LogP contribution in [-0.4, -0.2) is 31.6 Å². The third-order valence-corrected chi connectivity index (χ3v) is 6.27. The van der Waals surface area contributed by atoms with Gasteiger partial charge in [0.1, 0.15) is 0 Å². The number of rotatable bonds is 3. The van der Waals surface area contributed by atoms with Crippen molar-refractivity contribution in [3.05, 3.63) is 17.9 Å². The Kier molecular flexibility index (Phi) is 3.69. The molecule has 0 radical (unpaired) electrons. The van der Waals surface area contributed by atoms with Crippen LogP contribution in [0, 0.1) is 5.92 Å². The molecule has 2 aliphatic rings. The summed E-state index contributed by atoms with van der Waals surface area (Å²) in [6.07, 6.45) is 6.89. The Labute approximate surface area is 119 Å². The van der Waals surface area contributed by atoms with E-state index in [1.165, 1.54) is 18.6 Å². The zero-order chi connectivity index (χ0) is 14.2. The van der Waals surface area contributed by atoms with Gasteiger partial charge in [-0.2, -0.15) is 4.31 Å². The fourth-order valence-electron chi connectivity index (χ4n) is 3.53. The molecule has 2 atom stereocenters. The number of hydrogen-bond acceptors (Lipinski definition) is 4. The van der Waals surface area contributed by atoms with E-state index >= 15 is 0 Å². The highest BCUT2D eigenvalue weighted by Gasteiger charge is 2.41. The van der Waals surface area contributed by atoms with Gasteiger partial charge in [-0.25, -0.2) is 8.42 Å². The molecule has 1 saturated carbocycles. The van der Waals surface area contributed by atoms with Crippen molar-refractivity contribution in [3.63, 3.8) is 0 Å². The SMILES string of the molecule is O=Cc1ccc(S(=O)(=O)N2CCCC3CCCCC32)o1. The van der Waals surface area contributed by atoms with Crippen molar-refractivity contribution in [2.75, 3.05) is 6.54 Å². The summed E-state index contributed by atoms with van der Waals surface area (Å²) in [5.41, 5.74) is 0. The summed E-state index contributed by atoms with van der Waals surface area (Å²) in [5.74, 6) is 0.536. The van der Waals surface area contributed by atoms with E-state index in [1.54, 1.807) is 4.31 Å². The van der Waals surface area contributed by atoms with Crippen molar-refractivity contribution >= 4 is 16.3 Å². The minimum absolute atomic E-state index is 0.0563. The average Bonchev–Trinajstić information content (AvgIpc) is 2.96. The number of piperidine rings is 1. The summed E-state index contributed by atoms with van der Waals surface area (Å²) in [6.45, 7) is 0.556. The molecule has 0 amide bonds. The topological polar surface area (TPSA) is 67.6 Å². The number of nitrogens with zero attached hydrogens (tertiary/aromatic N) is 1. The minimum Gasteiger partial charge on any atom is -0.440 e. The fraction of sp³-hybridized carbons (Fsp3) is 0.643. The smallest absolute Gasteiger partial charge is 0.276 e. The van der Waals surface area contributed by atoms with Crippen molar-refractivity contribution < 1.29 is 17.6 Å². The van der Waals surface area contributed by atoms with Crippen LogP contribution in [-0.2, 0) is 10.0 Å². The van der Waals surface area contributed by atoms with Crippen LogP contribution in [0.1, 0.15) is 49.1 Å². The number of aldehydes is 1. The van der Waals surface area contributed by atoms with Crippen LogP contribution in [0.5, 0.6) is 0 Å². The molecule has 3 rings (SSSR count). The lowest BCUT2D eigenvalue weighted by atomic mass is 9.79. The summed E-state index contributed by atoms with van der Waals surface area (Å²) >= 11 is 0. The lowest BCUT2D eigenvalue weighted by Crippen LogP contribution is -2.49. The highest BCUT2D eigenvalue weighted by Crippen LogP contribution is 2.38. The molecule has 6 heteroatoms. The van der Waals surface area contributed by atoms with Gasteiger partial charge in [0, 0.05) is 12.6 Å². The molecule has 0 N–H and O–H groups in total. The first-order valence-corrected chi connectivity index (χ1v) is 8.64. The molecule has 1 aromatic heterocycles. The van der Waals surface area contributed by atoms with Gasteiger partial charge >= 0.3 is 0 Å². The van der Waals surface area contributed by atoms with Crippen LogP contribution in [0.4, 0.5) is 0 Å². The fourth-order valence-corrected chi connectivity index (χ4v) is 5.21. The van der Waals surface area contributed by atoms with E-state index in [1.807, 2.05) is 0 Å². The van der Waals surface area contributed by atoms with Crippen molar-refractivity contribution in [3.8, 4) is 0 Å². The highest BCUT2D eigenvalue weighted by atomic mass is 32.2. The van der Waals surface area contributed by atoms with Gasteiger partial charge in [-0.3, -0.25) is 4.79 Å². The normalized spacial score (nSPS) is 28.0. The Morgan fingerprint density at radius 1 is 1.15 bits per heavy atom. The van der Waals surface area contributed by atoms with E-state index < -0.39 is 10.0 Å². The number of carbonyl (C=O) groups excluding carboxylic acids is 1. The molecule has 1 saturated heterocycles. The maximum absolute atomic E-state index is 12.7. The molecule has 0 spiro atoms. The molecule has 2 heterocycles. The Morgan fingerprint density at radius 3 is 2.65 bits per heavy atom. The predicted molar refractivity (Wildman–Crippen MR) is 73.0 cm³/mol. The summed E-state index contributed by atoms with van der Waals surface area (Å²) in [6, 6.07) is 2.89. The van der Waals surface area contributed by atoms with E-state index in [0.717, 1.165) is 32.1 Å². The Balaban J connectivity index is 1.91. The zero-order valence-electron chi connectivity index (χ0n) is 11.3. The zero-order valence-corrected chi connectivity index (χ0v) is 12.1. The Morgan fingerprint density at radius 2 is 1.90 bits per heavy atom. The number of fused-ring (bicyclic) bond motifs is 1. The molecule has 1 aliphatic carbocycles. The Hall–Kier alpha value is -1.14. The lowest BCUT2D eigenvalue weighted by molar-refractivity contribution is 0.109. The first-order valence-electron chi connectivity index (χ1n) is 7.20. The first-order chi connectivity index (χ1) is 9.63. The number of sulfonamides is 1. The van der Waals surface area contributed by atoms with Crippen LogP contribution in [0.2, 0.25) is 0 Å². The molecule has 0 bridgehead atoms. The van der Waals surface area contributed by atoms with E-state index in [2.05, 4.69) is 0 Å². The van der Waals surface area contributed by atoms with Gasteiger partial charge in [0.15, 0.2) is 12.0 Å². The van der Waals surface area contributed by atoms with Crippen LogP contribution in [0.25, 0.3) is 0 Å². The van der Waals surface area contributed by atoms with E-state index in [4.69, 9.17) is 4.42 Å². The largest absolute Gasteiger partial charge is 0.440 e. The van der Waals surface area contributed by atoms with E-state index in [9.17, 15) is 13.2 Å². The average molecular weight is 297 g/mol. The molecule has 1 aliphatic heterocycles. The molecule has 5 nitrogen and oxygen atoms in total. The van der Waals surface area contributed by atoms with Gasteiger partial charge in [0.25, 0.3) is 10.0 Å². The molecule has 1 aromatic rings. The summed E-state index contributed by atoms with van der Waals surface area (Å²) in [5, 5.41) is -0.106. The lowest BCUT2D eigenvalue weighted by Gasteiger charge is -2.42. The van der Waals surface area contributed by atoms with Crippen LogP contribution < -0.4 is 0 Å². The Bertz CT molecular complexity index is 590. The quantitative estimate of drug-likeness (QED) is 0.804. The second kappa shape index (κ2) is 5.33. The van der Waals surface area contributed by atoms with Gasteiger partial charge < -0.3 is 4.42 Å². The van der Waals surface area contributed by atoms with Gasteiger partial charge in [-0.15, -0.1) is 0 Å². The molecular weight excluding hydrogens is 278 g/mol. The highest BCUT2D eigenvalue weighted by molar-refractivity contribution is 7.89. The summed E-state index contributed by atoms with van der Waals surface area (Å²) in [7, 11) is -3.61. The van der Waals surface area contributed by atoms with Crippen molar-refractivity contribution in [1.82, 2.24) is 4.31 Å². The predicted octanol–water partition coefficient (Wildman–Crippen LogP) is 2.44. The molecular formula is C14H19NO4S. The number of furan rings is 1. The summed E-state index contributed by atoms with van der Waals surface area (Å²) in [4.78, 5) is 10.6. The second-order valence-corrected chi connectivity index (χ2v) is 7.47. The van der Waals surface area contributed by atoms with Gasteiger partial charge in [-0.1, -0.05) is 12.8 Å². The monoisotopic (exact) mass is 297 g/mol. The van der Waals surface area contributed by atoms with E-state index in [-0.39, 0.29) is 16.9 Å². The van der Waals surface area contributed by atoms with Crippen LogP contribution in [0.15, 0.2) is 21.6 Å². The third kappa shape index (κ3) is 2.31. The molecule has 2 fully saturated rings. The standard InChI is InChI=1S/C14H19NO4S/c16-10-12-7-8-14(19-12)20(17,18)15-9-3-5-11-4-1-2-6-13(11)15/h7-8,10-11,13H,1-6,9H2. The third-order valence-electron chi connectivity index (χ3n) is 4.47. The molecule has 110 valence electrons. The van der Waals surface area contributed by atoms with Gasteiger partial charge in [0.05, 0.1) is 0 Å².